The highest BCUT2D eigenvalue weighted by atomic mass is 35.5. The molecule has 2 nitrogen and oxygen atoms in total. The zero-order chi connectivity index (χ0) is 15.9. The predicted molar refractivity (Wildman–Crippen MR) is 94.4 cm³/mol. The van der Waals surface area contributed by atoms with Crippen LogP contribution < -0.4 is 0 Å². The van der Waals surface area contributed by atoms with E-state index in [0.29, 0.717) is 5.02 Å². The van der Waals surface area contributed by atoms with Crippen LogP contribution in [-0.2, 0) is 4.79 Å². The number of thioether (sulfide) groups is 1. The van der Waals surface area contributed by atoms with E-state index in [9.17, 15) is 4.79 Å². The lowest BCUT2D eigenvalue weighted by Crippen LogP contribution is -2.33. The largest absolute Gasteiger partial charge is 0.342 e. The summed E-state index contributed by atoms with van der Waals surface area (Å²) in [6.45, 7) is 5.45. The van der Waals surface area contributed by atoms with E-state index in [-0.39, 0.29) is 11.2 Å². The van der Waals surface area contributed by atoms with Crippen molar-refractivity contribution in [2.45, 2.75) is 24.0 Å². The topological polar surface area (TPSA) is 20.3 Å². The van der Waals surface area contributed by atoms with E-state index in [4.69, 9.17) is 11.6 Å². The van der Waals surface area contributed by atoms with Gasteiger partial charge >= 0.3 is 0 Å². The first-order chi connectivity index (χ1) is 10.7. The van der Waals surface area contributed by atoms with Gasteiger partial charge in [0.1, 0.15) is 5.25 Å². The molecule has 0 N–H and O–H groups in total. The summed E-state index contributed by atoms with van der Waals surface area (Å²) in [7, 11) is 0. The average molecular weight is 334 g/mol. The van der Waals surface area contributed by atoms with Crippen molar-refractivity contribution in [3.63, 3.8) is 0 Å². The molecule has 2 rings (SSSR count). The first kappa shape index (κ1) is 16.9. The van der Waals surface area contributed by atoms with E-state index >= 15 is 0 Å². The van der Waals surface area contributed by atoms with Gasteiger partial charge in [-0.2, -0.15) is 0 Å². The van der Waals surface area contributed by atoms with Crippen molar-refractivity contribution in [2.75, 3.05) is 13.1 Å². The Labute approximate surface area is 141 Å². The molecule has 2 aromatic carbocycles. The summed E-state index contributed by atoms with van der Waals surface area (Å²) in [6.07, 6.45) is 0. The van der Waals surface area contributed by atoms with Gasteiger partial charge < -0.3 is 4.90 Å². The molecule has 0 aliphatic rings. The number of carbonyl (C=O) groups excluding carboxylic acids is 1. The summed E-state index contributed by atoms with van der Waals surface area (Å²) in [5.41, 5.74) is 1.02. The number of hydrogen-bond donors (Lipinski definition) is 0. The van der Waals surface area contributed by atoms with E-state index in [1.165, 1.54) is 0 Å². The maximum absolute atomic E-state index is 12.9. The summed E-state index contributed by atoms with van der Waals surface area (Å²) in [4.78, 5) is 15.7. The molecule has 0 fully saturated rings. The Morgan fingerprint density at radius 1 is 1.09 bits per heavy atom. The Kier molecular flexibility index (Phi) is 6.34. The molecule has 0 spiro atoms. The zero-order valence-electron chi connectivity index (χ0n) is 12.8. The van der Waals surface area contributed by atoms with Crippen LogP contribution in [0.4, 0.5) is 0 Å². The fourth-order valence-corrected chi connectivity index (χ4v) is 3.69. The van der Waals surface area contributed by atoms with Crippen LogP contribution in [0.3, 0.4) is 0 Å². The smallest absolute Gasteiger partial charge is 0.240 e. The van der Waals surface area contributed by atoms with Gasteiger partial charge in [-0.05, 0) is 37.6 Å². The fourth-order valence-electron chi connectivity index (χ4n) is 2.27. The molecule has 0 saturated heterocycles. The van der Waals surface area contributed by atoms with Crippen molar-refractivity contribution in [3.05, 3.63) is 65.2 Å². The van der Waals surface area contributed by atoms with E-state index < -0.39 is 0 Å². The van der Waals surface area contributed by atoms with Gasteiger partial charge in [-0.25, -0.2) is 0 Å². The third-order valence-corrected chi connectivity index (χ3v) is 4.92. The fraction of sp³-hybridized carbons (Fsp3) is 0.278. The minimum atomic E-state index is -0.250. The minimum absolute atomic E-state index is 0.140. The van der Waals surface area contributed by atoms with E-state index in [2.05, 4.69) is 0 Å². The van der Waals surface area contributed by atoms with Crippen LogP contribution in [0.25, 0.3) is 0 Å². The number of amides is 1. The highest BCUT2D eigenvalue weighted by Gasteiger charge is 2.25. The van der Waals surface area contributed by atoms with Gasteiger partial charge in [0.05, 0.1) is 0 Å². The van der Waals surface area contributed by atoms with Crippen LogP contribution >= 0.6 is 23.4 Å². The molecule has 4 heteroatoms. The zero-order valence-corrected chi connectivity index (χ0v) is 14.4. The molecule has 0 heterocycles. The highest BCUT2D eigenvalue weighted by Crippen LogP contribution is 2.37. The molecular weight excluding hydrogens is 314 g/mol. The summed E-state index contributed by atoms with van der Waals surface area (Å²) in [5.74, 6) is 0.140. The summed E-state index contributed by atoms with van der Waals surface area (Å²) < 4.78 is 0. The SMILES string of the molecule is CCN(CC)C(=O)C(Sc1cccc(Cl)c1)c1ccccc1. The van der Waals surface area contributed by atoms with Gasteiger partial charge in [0.25, 0.3) is 0 Å². The number of hydrogen-bond acceptors (Lipinski definition) is 2. The molecule has 1 amide bonds. The lowest BCUT2D eigenvalue weighted by atomic mass is 10.1. The van der Waals surface area contributed by atoms with Crippen molar-refractivity contribution in [3.8, 4) is 0 Å². The molecule has 0 bridgehead atoms. The van der Waals surface area contributed by atoms with Crippen LogP contribution in [0, 0.1) is 0 Å². The van der Waals surface area contributed by atoms with Crippen molar-refractivity contribution < 1.29 is 4.79 Å². The van der Waals surface area contributed by atoms with Crippen molar-refractivity contribution >= 4 is 29.3 Å². The third kappa shape index (κ3) is 4.28. The van der Waals surface area contributed by atoms with Crippen molar-refractivity contribution in [1.82, 2.24) is 4.90 Å². The Bertz CT molecular complexity index is 613. The minimum Gasteiger partial charge on any atom is -0.342 e. The molecule has 116 valence electrons. The number of rotatable bonds is 6. The molecule has 1 unspecified atom stereocenters. The van der Waals surface area contributed by atoms with Crippen LogP contribution in [0.2, 0.25) is 5.02 Å². The van der Waals surface area contributed by atoms with Crippen LogP contribution in [-0.4, -0.2) is 23.9 Å². The lowest BCUT2D eigenvalue weighted by molar-refractivity contribution is -0.130. The molecule has 2 aromatic rings. The van der Waals surface area contributed by atoms with E-state index in [1.807, 2.05) is 73.3 Å². The maximum Gasteiger partial charge on any atom is 0.240 e. The van der Waals surface area contributed by atoms with Gasteiger partial charge in [-0.3, -0.25) is 4.79 Å². The standard InChI is InChI=1S/C18H20ClNOS/c1-3-20(4-2)18(21)17(14-9-6-5-7-10-14)22-16-12-8-11-15(19)13-16/h5-13,17H,3-4H2,1-2H3. The van der Waals surface area contributed by atoms with Gasteiger partial charge in [-0.1, -0.05) is 48.0 Å². The molecule has 0 aliphatic heterocycles. The van der Waals surface area contributed by atoms with Crippen LogP contribution in [0.5, 0.6) is 0 Å². The molecule has 0 saturated carbocycles. The van der Waals surface area contributed by atoms with Gasteiger partial charge in [0, 0.05) is 23.0 Å². The first-order valence-corrected chi connectivity index (χ1v) is 8.67. The molecule has 0 aliphatic carbocycles. The number of benzene rings is 2. The molecule has 1 atom stereocenters. The van der Waals surface area contributed by atoms with Gasteiger partial charge in [-0.15, -0.1) is 11.8 Å². The Balaban J connectivity index is 2.31. The predicted octanol–water partition coefficient (Wildman–Crippen LogP) is 5.04. The molecule has 0 radical (unpaired) electrons. The van der Waals surface area contributed by atoms with Gasteiger partial charge in [0.15, 0.2) is 0 Å². The first-order valence-electron chi connectivity index (χ1n) is 7.41. The normalized spacial score (nSPS) is 12.0. The summed E-state index contributed by atoms with van der Waals surface area (Å²) >= 11 is 7.61. The maximum atomic E-state index is 12.9. The molecular formula is C18H20ClNOS. The second-order valence-electron chi connectivity index (χ2n) is 4.88. The quantitative estimate of drug-likeness (QED) is 0.690. The molecule has 22 heavy (non-hydrogen) atoms. The van der Waals surface area contributed by atoms with Crippen molar-refractivity contribution in [2.24, 2.45) is 0 Å². The second-order valence-corrected chi connectivity index (χ2v) is 6.49. The second kappa shape index (κ2) is 8.25. The number of carbonyl (C=O) groups is 1. The van der Waals surface area contributed by atoms with E-state index in [0.717, 1.165) is 23.5 Å². The Hall–Kier alpha value is -1.45. The molecule has 0 aromatic heterocycles. The Morgan fingerprint density at radius 3 is 2.36 bits per heavy atom. The van der Waals surface area contributed by atoms with Crippen molar-refractivity contribution in [1.29, 1.82) is 0 Å². The number of nitrogens with zero attached hydrogens (tertiary/aromatic N) is 1. The van der Waals surface area contributed by atoms with Gasteiger partial charge in [0.2, 0.25) is 5.91 Å². The monoisotopic (exact) mass is 333 g/mol. The van der Waals surface area contributed by atoms with Crippen LogP contribution in [0.1, 0.15) is 24.7 Å². The highest BCUT2D eigenvalue weighted by molar-refractivity contribution is 8.00. The van der Waals surface area contributed by atoms with E-state index in [1.54, 1.807) is 11.8 Å². The average Bonchev–Trinajstić information content (AvgIpc) is 2.54. The Morgan fingerprint density at radius 2 is 1.77 bits per heavy atom. The third-order valence-electron chi connectivity index (χ3n) is 3.45. The number of halogens is 1. The summed E-state index contributed by atoms with van der Waals surface area (Å²) in [5, 5.41) is 0.437. The number of likely N-dealkylation sites (N-methyl/N-ethyl adjacent to an activating group) is 1. The summed E-state index contributed by atoms with van der Waals surface area (Å²) in [6, 6.07) is 17.6. The lowest BCUT2D eigenvalue weighted by Gasteiger charge is -2.25. The van der Waals surface area contributed by atoms with Crippen LogP contribution in [0.15, 0.2) is 59.5 Å².